The van der Waals surface area contributed by atoms with Crippen LogP contribution in [0, 0.1) is 0 Å². The molecule has 0 unspecified atom stereocenters. The Morgan fingerprint density at radius 1 is 0.913 bits per heavy atom. The van der Waals surface area contributed by atoms with E-state index in [-0.39, 0.29) is 11.9 Å². The van der Waals surface area contributed by atoms with E-state index in [2.05, 4.69) is 10.1 Å². The zero-order valence-electron chi connectivity index (χ0n) is 11.4. The molecule has 9 heteroatoms. The number of anilines is 2. The van der Waals surface area contributed by atoms with E-state index in [1.165, 1.54) is 4.68 Å². The predicted molar refractivity (Wildman–Crippen MR) is 95.7 cm³/mol. The smallest absolute Gasteiger partial charge is 0.241 e. The molecule has 1 heterocycles. The molecule has 0 bridgehead atoms. The first-order chi connectivity index (χ1) is 10.9. The van der Waals surface area contributed by atoms with E-state index in [1.807, 2.05) is 0 Å². The van der Waals surface area contributed by atoms with E-state index in [0.717, 1.165) is 0 Å². The fourth-order valence-corrected chi connectivity index (χ4v) is 3.24. The second-order valence-electron chi connectivity index (χ2n) is 4.63. The van der Waals surface area contributed by atoms with Gasteiger partial charge in [-0.2, -0.15) is 9.67 Å². The number of nitrogen functional groups attached to an aromatic ring is 2. The molecule has 3 aromatic rings. The van der Waals surface area contributed by atoms with E-state index < -0.39 is 0 Å². The zero-order chi connectivity index (χ0) is 16.7. The molecule has 0 amide bonds. The lowest BCUT2D eigenvalue weighted by Crippen LogP contribution is -2.03. The number of nitrogens with zero attached hydrogens (tertiary/aromatic N) is 3. The Balaban J connectivity index is 2.19. The standard InChI is InChI=1S/C14H9Cl4N5/c15-8-3-1-2-7(12(8)18)11-9(16)4-6(5-10(11)17)23-14(20)21-13(19)22-23/h1-5H,(H4,19,20,21,22). The van der Waals surface area contributed by atoms with Gasteiger partial charge in [-0.05, 0) is 18.2 Å². The quantitative estimate of drug-likeness (QED) is 0.665. The van der Waals surface area contributed by atoms with Crippen LogP contribution in [0.4, 0.5) is 11.9 Å². The average Bonchev–Trinajstić information content (AvgIpc) is 2.81. The van der Waals surface area contributed by atoms with Crippen molar-refractivity contribution >= 4 is 58.3 Å². The minimum atomic E-state index is 0.0525. The van der Waals surface area contributed by atoms with Crippen LogP contribution in [0.2, 0.25) is 20.1 Å². The van der Waals surface area contributed by atoms with Gasteiger partial charge in [0.1, 0.15) is 0 Å². The molecule has 0 aliphatic heterocycles. The van der Waals surface area contributed by atoms with Gasteiger partial charge >= 0.3 is 0 Å². The average molecular weight is 389 g/mol. The minimum absolute atomic E-state index is 0.0525. The van der Waals surface area contributed by atoms with Gasteiger partial charge in [0, 0.05) is 11.1 Å². The Kier molecular flexibility index (Phi) is 4.29. The molecular weight excluding hydrogens is 380 g/mol. The first kappa shape index (κ1) is 16.2. The van der Waals surface area contributed by atoms with E-state index >= 15 is 0 Å². The minimum Gasteiger partial charge on any atom is -0.368 e. The molecule has 0 saturated heterocycles. The number of nitrogens with two attached hydrogens (primary N) is 2. The molecule has 0 aliphatic carbocycles. The molecule has 0 atom stereocenters. The maximum absolute atomic E-state index is 6.38. The van der Waals surface area contributed by atoms with Gasteiger partial charge in [-0.1, -0.05) is 58.5 Å². The van der Waals surface area contributed by atoms with Gasteiger partial charge in [-0.25, -0.2) is 0 Å². The molecule has 23 heavy (non-hydrogen) atoms. The molecule has 4 N–H and O–H groups in total. The number of benzene rings is 2. The molecule has 3 rings (SSSR count). The molecule has 0 radical (unpaired) electrons. The lowest BCUT2D eigenvalue weighted by atomic mass is 10.0. The number of hydrogen-bond donors (Lipinski definition) is 2. The van der Waals surface area contributed by atoms with Gasteiger partial charge in [0.15, 0.2) is 0 Å². The van der Waals surface area contributed by atoms with Crippen LogP contribution in [-0.4, -0.2) is 14.8 Å². The Labute approximate surface area is 151 Å². The molecule has 0 fully saturated rings. The summed E-state index contributed by atoms with van der Waals surface area (Å²) in [6.45, 7) is 0. The van der Waals surface area contributed by atoms with Crippen LogP contribution in [0.5, 0.6) is 0 Å². The monoisotopic (exact) mass is 387 g/mol. The summed E-state index contributed by atoms with van der Waals surface area (Å²) in [4.78, 5) is 3.84. The van der Waals surface area contributed by atoms with Crippen molar-refractivity contribution < 1.29 is 0 Å². The number of aromatic nitrogens is 3. The zero-order valence-corrected chi connectivity index (χ0v) is 14.4. The van der Waals surface area contributed by atoms with Crippen LogP contribution in [-0.2, 0) is 0 Å². The summed E-state index contributed by atoms with van der Waals surface area (Å²) in [6.07, 6.45) is 0. The fourth-order valence-electron chi connectivity index (χ4n) is 2.17. The van der Waals surface area contributed by atoms with E-state index in [0.29, 0.717) is 36.9 Å². The van der Waals surface area contributed by atoms with Crippen molar-refractivity contribution in [3.05, 3.63) is 50.4 Å². The summed E-state index contributed by atoms with van der Waals surface area (Å²) in [7, 11) is 0. The van der Waals surface area contributed by atoms with E-state index in [9.17, 15) is 0 Å². The van der Waals surface area contributed by atoms with E-state index in [4.69, 9.17) is 57.9 Å². The fraction of sp³-hybridized carbons (Fsp3) is 0. The normalized spacial score (nSPS) is 11.0. The van der Waals surface area contributed by atoms with Crippen molar-refractivity contribution in [2.75, 3.05) is 11.5 Å². The molecule has 5 nitrogen and oxygen atoms in total. The summed E-state index contributed by atoms with van der Waals surface area (Å²) >= 11 is 25.1. The summed E-state index contributed by atoms with van der Waals surface area (Å²) < 4.78 is 1.34. The van der Waals surface area contributed by atoms with Gasteiger partial charge in [0.05, 0.1) is 25.8 Å². The maximum Gasteiger partial charge on any atom is 0.241 e. The highest BCUT2D eigenvalue weighted by atomic mass is 35.5. The molecular formula is C14H9Cl4N5. The van der Waals surface area contributed by atoms with Gasteiger partial charge in [0.25, 0.3) is 0 Å². The predicted octanol–water partition coefficient (Wildman–Crippen LogP) is 4.71. The molecule has 0 aliphatic rings. The topological polar surface area (TPSA) is 82.7 Å². The molecule has 0 spiro atoms. The summed E-state index contributed by atoms with van der Waals surface area (Å²) in [6, 6.07) is 8.51. The third-order valence-electron chi connectivity index (χ3n) is 3.14. The number of halogens is 4. The Bertz CT molecular complexity index is 883. The highest BCUT2D eigenvalue weighted by molar-refractivity contribution is 6.45. The SMILES string of the molecule is Nc1nc(N)n(-c2cc(Cl)c(-c3cccc(Cl)c3Cl)c(Cl)c2)n1. The third kappa shape index (κ3) is 2.93. The first-order valence-electron chi connectivity index (χ1n) is 6.30. The largest absolute Gasteiger partial charge is 0.368 e. The van der Waals surface area contributed by atoms with Crippen LogP contribution in [0.15, 0.2) is 30.3 Å². The number of rotatable bonds is 2. The van der Waals surface area contributed by atoms with Crippen LogP contribution in [0.1, 0.15) is 0 Å². The lowest BCUT2D eigenvalue weighted by molar-refractivity contribution is 0.896. The van der Waals surface area contributed by atoms with Crippen LogP contribution >= 0.6 is 46.4 Å². The van der Waals surface area contributed by atoms with Crippen molar-refractivity contribution in [1.82, 2.24) is 14.8 Å². The molecule has 0 saturated carbocycles. The number of hydrogen-bond acceptors (Lipinski definition) is 4. The van der Waals surface area contributed by atoms with Crippen molar-refractivity contribution in [3.8, 4) is 16.8 Å². The second-order valence-corrected chi connectivity index (χ2v) is 6.23. The van der Waals surface area contributed by atoms with Crippen LogP contribution in [0.25, 0.3) is 16.8 Å². The Morgan fingerprint density at radius 3 is 2.13 bits per heavy atom. The second kappa shape index (κ2) is 6.09. The lowest BCUT2D eigenvalue weighted by Gasteiger charge is -2.12. The van der Waals surface area contributed by atoms with Crippen molar-refractivity contribution in [2.45, 2.75) is 0 Å². The van der Waals surface area contributed by atoms with Crippen molar-refractivity contribution in [2.24, 2.45) is 0 Å². The van der Waals surface area contributed by atoms with Gasteiger partial charge < -0.3 is 11.5 Å². The van der Waals surface area contributed by atoms with Gasteiger partial charge in [-0.15, -0.1) is 5.10 Å². The molecule has 2 aromatic carbocycles. The molecule has 1 aromatic heterocycles. The Morgan fingerprint density at radius 2 is 1.57 bits per heavy atom. The van der Waals surface area contributed by atoms with Gasteiger partial charge in [0.2, 0.25) is 11.9 Å². The van der Waals surface area contributed by atoms with Gasteiger partial charge in [-0.3, -0.25) is 0 Å². The maximum atomic E-state index is 6.38. The molecule has 118 valence electrons. The summed E-state index contributed by atoms with van der Waals surface area (Å²) in [5, 5.41) is 5.50. The van der Waals surface area contributed by atoms with Crippen molar-refractivity contribution in [1.29, 1.82) is 0 Å². The first-order valence-corrected chi connectivity index (χ1v) is 7.81. The summed E-state index contributed by atoms with van der Waals surface area (Å²) in [5.41, 5.74) is 13.0. The highest BCUT2D eigenvalue weighted by Crippen LogP contribution is 2.42. The summed E-state index contributed by atoms with van der Waals surface area (Å²) in [5.74, 6) is 0.180. The van der Waals surface area contributed by atoms with E-state index in [1.54, 1.807) is 30.3 Å². The van der Waals surface area contributed by atoms with Crippen LogP contribution < -0.4 is 11.5 Å². The Hall–Kier alpha value is -1.66. The van der Waals surface area contributed by atoms with Crippen LogP contribution in [0.3, 0.4) is 0 Å². The highest BCUT2D eigenvalue weighted by Gasteiger charge is 2.17. The third-order valence-corrected chi connectivity index (χ3v) is 4.56. The van der Waals surface area contributed by atoms with Crippen molar-refractivity contribution in [3.63, 3.8) is 0 Å².